The molecule has 49 heavy (non-hydrogen) atoms. The number of carboxylic acid groups (broad SMARTS) is 1. The molecule has 0 bridgehead atoms. The Morgan fingerprint density at radius 1 is 0.592 bits per heavy atom. The number of carbonyl (C=O) groups excluding carboxylic acids is 2. The number of hydrogen-bond donors (Lipinski definition) is 3. The predicted octanol–water partition coefficient (Wildman–Crippen LogP) is 11.3. The Bertz CT molecular complexity index is 828. The van der Waals surface area contributed by atoms with Crippen LogP contribution in [0, 0.1) is 0 Å². The van der Waals surface area contributed by atoms with Gasteiger partial charge in [-0.2, -0.15) is 0 Å². The molecule has 4 N–H and O–H groups in total. The number of rotatable bonds is 37. The van der Waals surface area contributed by atoms with Gasteiger partial charge in [0.25, 0.3) is 0 Å². The summed E-state index contributed by atoms with van der Waals surface area (Å²) >= 11 is 0. The van der Waals surface area contributed by atoms with Crippen molar-refractivity contribution in [1.82, 2.24) is 5.32 Å². The molecule has 7 heteroatoms. The Kier molecular flexibility index (Phi) is 35.5. The second-order valence-electron chi connectivity index (χ2n) is 14.1. The highest BCUT2D eigenvalue weighted by Crippen LogP contribution is 2.18. The predicted molar refractivity (Wildman–Crippen MR) is 207 cm³/mol. The Morgan fingerprint density at radius 2 is 1.06 bits per heavy atom. The van der Waals surface area contributed by atoms with Gasteiger partial charge in [-0.05, 0) is 90.0 Å². The molecule has 0 spiro atoms. The number of hydrogen-bond acceptors (Lipinski definition) is 5. The molecule has 2 atom stereocenters. The van der Waals surface area contributed by atoms with E-state index in [2.05, 4.69) is 43.5 Å². The molecule has 0 heterocycles. The summed E-state index contributed by atoms with van der Waals surface area (Å²) in [6, 6.07) is -0.862. The number of unbranched alkanes of at least 4 members (excludes halogenated alkanes) is 19. The fourth-order valence-electron chi connectivity index (χ4n) is 6.13. The highest BCUT2D eigenvalue weighted by molar-refractivity contribution is 5.83. The summed E-state index contributed by atoms with van der Waals surface area (Å²) in [7, 11) is 0. The average Bonchev–Trinajstić information content (AvgIpc) is 3.08. The van der Waals surface area contributed by atoms with Gasteiger partial charge in [0, 0.05) is 12.8 Å². The summed E-state index contributed by atoms with van der Waals surface area (Å²) < 4.78 is 5.96. The second kappa shape index (κ2) is 37.1. The molecule has 0 radical (unpaired) electrons. The topological polar surface area (TPSA) is 119 Å². The molecule has 0 aromatic heterocycles. The van der Waals surface area contributed by atoms with Crippen molar-refractivity contribution in [1.29, 1.82) is 0 Å². The maximum atomic E-state index is 12.7. The van der Waals surface area contributed by atoms with E-state index in [1.165, 1.54) is 103 Å². The van der Waals surface area contributed by atoms with E-state index in [1.807, 2.05) is 0 Å². The smallest absolute Gasteiger partial charge is 0.326 e. The van der Waals surface area contributed by atoms with E-state index in [-0.39, 0.29) is 18.0 Å². The van der Waals surface area contributed by atoms with Crippen molar-refractivity contribution in [2.24, 2.45) is 5.73 Å². The summed E-state index contributed by atoms with van der Waals surface area (Å²) in [5.74, 6) is -1.27. The molecular weight excluding hydrogens is 612 g/mol. The average molecular weight is 691 g/mol. The summed E-state index contributed by atoms with van der Waals surface area (Å²) in [6.45, 7) is 4.88. The van der Waals surface area contributed by atoms with Gasteiger partial charge in [-0.3, -0.25) is 9.59 Å². The number of ether oxygens (including phenoxy) is 1. The Labute approximate surface area is 302 Å². The molecule has 1 amide bonds. The fourth-order valence-corrected chi connectivity index (χ4v) is 6.13. The number of nitrogens with one attached hydrogen (secondary N) is 1. The molecule has 0 saturated carbocycles. The number of amides is 1. The van der Waals surface area contributed by atoms with Crippen LogP contribution in [0.25, 0.3) is 0 Å². The highest BCUT2D eigenvalue weighted by atomic mass is 16.5. The van der Waals surface area contributed by atoms with Crippen molar-refractivity contribution >= 4 is 17.8 Å². The molecule has 7 nitrogen and oxygen atoms in total. The first-order valence-electron chi connectivity index (χ1n) is 20.7. The quantitative estimate of drug-likeness (QED) is 0.0339. The molecule has 0 aliphatic rings. The van der Waals surface area contributed by atoms with E-state index in [9.17, 15) is 19.5 Å². The number of esters is 1. The van der Waals surface area contributed by atoms with Gasteiger partial charge in [-0.25, -0.2) is 4.79 Å². The lowest BCUT2D eigenvalue weighted by Gasteiger charge is -2.18. The standard InChI is InChI=1S/C42H78N2O5/c1-3-5-7-9-10-11-12-13-14-15-16-17-18-19-20-21-22-24-30-36-41(46)49-38(32-27-23-8-6-4-2)33-28-25-26-29-35-40(45)44-39(42(47)48)34-31-37-43/h10-11,13-14,38-39H,3-9,12,15-37,43H2,1-2H3,(H,44,45)(H,47,48)/b11-10-,14-13-. The van der Waals surface area contributed by atoms with Crippen LogP contribution in [0.5, 0.6) is 0 Å². The molecule has 0 saturated heterocycles. The van der Waals surface area contributed by atoms with Crippen molar-refractivity contribution in [2.45, 2.75) is 219 Å². The molecule has 0 aliphatic carbocycles. The fraction of sp³-hybridized carbons (Fsp3) is 0.833. The van der Waals surface area contributed by atoms with Gasteiger partial charge in [0.1, 0.15) is 12.1 Å². The Morgan fingerprint density at radius 3 is 1.61 bits per heavy atom. The molecule has 0 fully saturated rings. The number of nitrogens with two attached hydrogens (primary N) is 1. The SMILES string of the molecule is CCCCC/C=C\C/C=C\CCCCCCCCCCCC(=O)OC(CCCCCCC)CCCCCCC(=O)NC(CCCN)C(=O)O. The van der Waals surface area contributed by atoms with Gasteiger partial charge < -0.3 is 20.9 Å². The zero-order valence-corrected chi connectivity index (χ0v) is 32.0. The highest BCUT2D eigenvalue weighted by Gasteiger charge is 2.19. The third-order valence-corrected chi connectivity index (χ3v) is 9.27. The molecule has 2 unspecified atom stereocenters. The van der Waals surface area contributed by atoms with Crippen molar-refractivity contribution in [2.75, 3.05) is 6.54 Å². The minimum Gasteiger partial charge on any atom is -0.480 e. The lowest BCUT2D eigenvalue weighted by molar-refractivity contribution is -0.150. The zero-order chi connectivity index (χ0) is 36.0. The number of carboxylic acids is 1. The minimum absolute atomic E-state index is 0.0102. The van der Waals surface area contributed by atoms with Gasteiger partial charge in [0.05, 0.1) is 0 Å². The molecular formula is C42H78N2O5. The van der Waals surface area contributed by atoms with E-state index in [0.29, 0.717) is 32.2 Å². The number of allylic oxidation sites excluding steroid dienone is 4. The van der Waals surface area contributed by atoms with Gasteiger partial charge in [0.2, 0.25) is 5.91 Å². The van der Waals surface area contributed by atoms with Crippen LogP contribution in [-0.4, -0.2) is 41.6 Å². The number of carbonyl (C=O) groups is 3. The third kappa shape index (κ3) is 34.1. The van der Waals surface area contributed by atoms with Crippen molar-refractivity contribution in [3.8, 4) is 0 Å². The maximum Gasteiger partial charge on any atom is 0.326 e. The first-order chi connectivity index (χ1) is 23.9. The van der Waals surface area contributed by atoms with Crippen LogP contribution >= 0.6 is 0 Å². The van der Waals surface area contributed by atoms with E-state index in [4.69, 9.17) is 10.5 Å². The molecule has 286 valence electrons. The zero-order valence-electron chi connectivity index (χ0n) is 32.0. The first-order valence-corrected chi connectivity index (χ1v) is 20.7. The van der Waals surface area contributed by atoms with E-state index in [1.54, 1.807) is 0 Å². The van der Waals surface area contributed by atoms with Gasteiger partial charge in [-0.15, -0.1) is 0 Å². The molecule has 0 aliphatic heterocycles. The third-order valence-electron chi connectivity index (χ3n) is 9.27. The Balaban J connectivity index is 4.03. The lowest BCUT2D eigenvalue weighted by atomic mass is 10.0. The van der Waals surface area contributed by atoms with E-state index >= 15 is 0 Å². The normalized spacial score (nSPS) is 12.9. The van der Waals surface area contributed by atoms with Crippen molar-refractivity contribution in [3.63, 3.8) is 0 Å². The van der Waals surface area contributed by atoms with Gasteiger partial charge >= 0.3 is 11.9 Å². The van der Waals surface area contributed by atoms with E-state index in [0.717, 1.165) is 64.2 Å². The molecule has 0 aromatic rings. The van der Waals surface area contributed by atoms with Crippen LogP contribution in [0.3, 0.4) is 0 Å². The van der Waals surface area contributed by atoms with Crippen LogP contribution in [0.1, 0.15) is 206 Å². The van der Waals surface area contributed by atoms with E-state index < -0.39 is 12.0 Å². The van der Waals surface area contributed by atoms with Crippen LogP contribution in [0.2, 0.25) is 0 Å². The molecule has 0 rings (SSSR count). The van der Waals surface area contributed by atoms with Crippen molar-refractivity contribution in [3.05, 3.63) is 24.3 Å². The maximum absolute atomic E-state index is 12.7. The molecule has 0 aromatic carbocycles. The van der Waals surface area contributed by atoms with Crippen LogP contribution < -0.4 is 11.1 Å². The first kappa shape index (κ1) is 46.9. The van der Waals surface area contributed by atoms with Crippen LogP contribution in [-0.2, 0) is 19.1 Å². The van der Waals surface area contributed by atoms with Crippen LogP contribution in [0.4, 0.5) is 0 Å². The van der Waals surface area contributed by atoms with Crippen molar-refractivity contribution < 1.29 is 24.2 Å². The minimum atomic E-state index is -1.01. The lowest BCUT2D eigenvalue weighted by Crippen LogP contribution is -2.40. The van der Waals surface area contributed by atoms with Gasteiger partial charge in [-0.1, -0.05) is 134 Å². The summed E-state index contributed by atoms with van der Waals surface area (Å²) in [5.41, 5.74) is 5.47. The summed E-state index contributed by atoms with van der Waals surface area (Å²) in [6.07, 6.45) is 40.9. The summed E-state index contributed by atoms with van der Waals surface area (Å²) in [5, 5.41) is 11.9. The Hall–Kier alpha value is -2.15. The monoisotopic (exact) mass is 691 g/mol. The van der Waals surface area contributed by atoms with Crippen LogP contribution in [0.15, 0.2) is 24.3 Å². The largest absolute Gasteiger partial charge is 0.480 e. The second-order valence-corrected chi connectivity index (χ2v) is 14.1. The summed E-state index contributed by atoms with van der Waals surface area (Å²) in [4.78, 5) is 36.2. The number of aliphatic carboxylic acids is 1. The van der Waals surface area contributed by atoms with Gasteiger partial charge in [0.15, 0.2) is 0 Å².